The second kappa shape index (κ2) is 11.0. The number of hydrogen-bond donors (Lipinski definition) is 1. The fourth-order valence-corrected chi connectivity index (χ4v) is 4.94. The van der Waals surface area contributed by atoms with Gasteiger partial charge in [-0.3, -0.25) is 14.2 Å². The van der Waals surface area contributed by atoms with Gasteiger partial charge in [-0.05, 0) is 46.1 Å². The summed E-state index contributed by atoms with van der Waals surface area (Å²) in [6.45, 7) is 11.8. The molecule has 2 aromatic rings. The first kappa shape index (κ1) is 22.9. The van der Waals surface area contributed by atoms with Crippen molar-refractivity contribution in [2.75, 3.05) is 19.0 Å². The van der Waals surface area contributed by atoms with E-state index in [-0.39, 0.29) is 23.3 Å². The third-order valence-corrected chi connectivity index (χ3v) is 6.67. The van der Waals surface area contributed by atoms with Crippen molar-refractivity contribution < 1.29 is 9.53 Å². The fraction of sp³-hybridized carbons (Fsp3) is 0.650. The molecule has 1 N–H and O–H groups in total. The standard InChI is InChI=1S/C20H31N3O3S2/c1-6-9-13(3)21-16(24)12-27-20-22-18-17(14(4)15(5)28-18)19(25)23(20)10-8-11-26-7-2/h13H,6-12H2,1-5H3,(H,21,24)/t13-/m0/s1. The normalized spacial score (nSPS) is 12.5. The van der Waals surface area contributed by atoms with Crippen molar-refractivity contribution in [3.63, 3.8) is 0 Å². The van der Waals surface area contributed by atoms with Gasteiger partial charge in [-0.2, -0.15) is 0 Å². The second-order valence-corrected chi connectivity index (χ2v) is 9.06. The van der Waals surface area contributed by atoms with Gasteiger partial charge in [0.05, 0.1) is 11.1 Å². The molecule has 0 aliphatic rings. The first-order valence-corrected chi connectivity index (χ1v) is 11.7. The molecule has 0 aliphatic heterocycles. The molecule has 28 heavy (non-hydrogen) atoms. The van der Waals surface area contributed by atoms with Crippen LogP contribution in [0.15, 0.2) is 9.95 Å². The molecule has 0 fully saturated rings. The average Bonchev–Trinajstić information content (AvgIpc) is 2.93. The number of aromatic nitrogens is 2. The zero-order valence-corrected chi connectivity index (χ0v) is 19.1. The molecule has 1 amide bonds. The average molecular weight is 426 g/mol. The summed E-state index contributed by atoms with van der Waals surface area (Å²) in [6.07, 6.45) is 2.72. The van der Waals surface area contributed by atoms with Crippen molar-refractivity contribution in [2.45, 2.75) is 71.6 Å². The summed E-state index contributed by atoms with van der Waals surface area (Å²) in [4.78, 5) is 32.0. The van der Waals surface area contributed by atoms with Crippen LogP contribution in [0, 0.1) is 13.8 Å². The van der Waals surface area contributed by atoms with Crippen molar-refractivity contribution in [3.05, 3.63) is 20.8 Å². The Morgan fingerprint density at radius 2 is 2.11 bits per heavy atom. The predicted octanol–water partition coefficient (Wildman–Crippen LogP) is 3.90. The maximum atomic E-state index is 13.1. The Morgan fingerprint density at radius 1 is 1.36 bits per heavy atom. The van der Waals surface area contributed by atoms with Gasteiger partial charge in [0, 0.05) is 30.7 Å². The molecular weight excluding hydrogens is 394 g/mol. The van der Waals surface area contributed by atoms with E-state index in [1.165, 1.54) is 23.1 Å². The molecule has 8 heteroatoms. The molecule has 0 aromatic carbocycles. The number of nitrogens with zero attached hydrogens (tertiary/aromatic N) is 2. The first-order valence-electron chi connectivity index (χ1n) is 9.89. The first-order chi connectivity index (χ1) is 13.4. The molecule has 6 nitrogen and oxygen atoms in total. The highest BCUT2D eigenvalue weighted by molar-refractivity contribution is 7.99. The maximum absolute atomic E-state index is 13.1. The van der Waals surface area contributed by atoms with Crippen LogP contribution in [0.5, 0.6) is 0 Å². The number of thiophene rings is 1. The van der Waals surface area contributed by atoms with Gasteiger partial charge in [-0.25, -0.2) is 4.98 Å². The Kier molecular flexibility index (Phi) is 8.98. The van der Waals surface area contributed by atoms with Gasteiger partial charge >= 0.3 is 0 Å². The number of amides is 1. The molecule has 2 heterocycles. The van der Waals surface area contributed by atoms with Gasteiger partial charge in [-0.1, -0.05) is 25.1 Å². The smallest absolute Gasteiger partial charge is 0.263 e. The Morgan fingerprint density at radius 3 is 2.79 bits per heavy atom. The molecule has 0 aliphatic carbocycles. The highest BCUT2D eigenvalue weighted by Crippen LogP contribution is 2.28. The highest BCUT2D eigenvalue weighted by atomic mass is 32.2. The molecule has 0 spiro atoms. The Bertz CT molecular complexity index is 860. The Hall–Kier alpha value is -1.38. The third kappa shape index (κ3) is 5.81. The second-order valence-electron chi connectivity index (χ2n) is 6.91. The zero-order valence-electron chi connectivity index (χ0n) is 17.5. The number of ether oxygens (including phenoxy) is 1. The summed E-state index contributed by atoms with van der Waals surface area (Å²) in [5.74, 6) is 0.223. The van der Waals surface area contributed by atoms with E-state index in [1.807, 2.05) is 27.7 Å². The van der Waals surface area contributed by atoms with Gasteiger partial charge < -0.3 is 10.1 Å². The van der Waals surface area contributed by atoms with E-state index in [0.29, 0.717) is 30.3 Å². The number of fused-ring (bicyclic) bond motifs is 1. The molecule has 0 bridgehead atoms. The van der Waals surface area contributed by atoms with Crippen LogP contribution >= 0.6 is 23.1 Å². The molecule has 0 unspecified atom stereocenters. The van der Waals surface area contributed by atoms with E-state index < -0.39 is 0 Å². The quantitative estimate of drug-likeness (QED) is 0.336. The lowest BCUT2D eigenvalue weighted by molar-refractivity contribution is -0.119. The van der Waals surface area contributed by atoms with Crippen LogP contribution in [0.3, 0.4) is 0 Å². The molecule has 0 saturated heterocycles. The Balaban J connectivity index is 2.24. The van der Waals surface area contributed by atoms with Crippen LogP contribution in [-0.4, -0.2) is 40.5 Å². The minimum atomic E-state index is -0.0281. The van der Waals surface area contributed by atoms with Crippen molar-refractivity contribution in [1.82, 2.24) is 14.9 Å². The lowest BCUT2D eigenvalue weighted by Gasteiger charge is -2.14. The van der Waals surface area contributed by atoms with E-state index in [4.69, 9.17) is 9.72 Å². The summed E-state index contributed by atoms with van der Waals surface area (Å²) in [5, 5.41) is 4.31. The Labute approximate surface area is 175 Å². The summed E-state index contributed by atoms with van der Waals surface area (Å²) in [6, 6.07) is 0.157. The number of carbonyl (C=O) groups excluding carboxylic acids is 1. The molecular formula is C20H31N3O3S2. The predicted molar refractivity (Wildman–Crippen MR) is 118 cm³/mol. The highest BCUT2D eigenvalue weighted by Gasteiger charge is 2.18. The van der Waals surface area contributed by atoms with E-state index in [2.05, 4.69) is 12.2 Å². The molecule has 156 valence electrons. The molecule has 1 atom stereocenters. The van der Waals surface area contributed by atoms with E-state index in [0.717, 1.165) is 34.5 Å². The summed E-state index contributed by atoms with van der Waals surface area (Å²) in [5.41, 5.74) is 0.976. The molecule has 0 saturated carbocycles. The van der Waals surface area contributed by atoms with Crippen molar-refractivity contribution in [3.8, 4) is 0 Å². The lowest BCUT2D eigenvalue weighted by Crippen LogP contribution is -2.34. The van der Waals surface area contributed by atoms with E-state index in [9.17, 15) is 9.59 Å². The van der Waals surface area contributed by atoms with Crippen molar-refractivity contribution >= 4 is 39.2 Å². The van der Waals surface area contributed by atoms with Gasteiger partial charge in [0.15, 0.2) is 5.16 Å². The molecule has 2 aromatic heterocycles. The number of rotatable bonds is 11. The summed E-state index contributed by atoms with van der Waals surface area (Å²) < 4.78 is 7.11. The van der Waals surface area contributed by atoms with Gasteiger partial charge in [0.2, 0.25) is 5.91 Å². The minimum Gasteiger partial charge on any atom is -0.382 e. The SMILES string of the molecule is CCC[C@H](C)NC(=O)CSc1nc2sc(C)c(C)c2c(=O)n1CCCOCC. The van der Waals surface area contributed by atoms with E-state index >= 15 is 0 Å². The number of nitrogens with one attached hydrogen (secondary N) is 1. The van der Waals surface area contributed by atoms with Crippen molar-refractivity contribution in [2.24, 2.45) is 0 Å². The van der Waals surface area contributed by atoms with Gasteiger partial charge in [0.25, 0.3) is 5.56 Å². The summed E-state index contributed by atoms with van der Waals surface area (Å²) >= 11 is 2.87. The van der Waals surface area contributed by atoms with E-state index in [1.54, 1.807) is 4.57 Å². The zero-order chi connectivity index (χ0) is 20.7. The number of hydrogen-bond acceptors (Lipinski definition) is 6. The van der Waals surface area contributed by atoms with Crippen LogP contribution in [0.4, 0.5) is 0 Å². The molecule has 0 radical (unpaired) electrons. The number of thioether (sulfide) groups is 1. The monoisotopic (exact) mass is 425 g/mol. The molecule has 2 rings (SSSR count). The van der Waals surface area contributed by atoms with Crippen LogP contribution < -0.4 is 10.9 Å². The maximum Gasteiger partial charge on any atom is 0.263 e. The largest absolute Gasteiger partial charge is 0.382 e. The van der Waals surface area contributed by atoms with Crippen LogP contribution in [0.25, 0.3) is 10.2 Å². The fourth-order valence-electron chi connectivity index (χ4n) is 3.04. The topological polar surface area (TPSA) is 73.2 Å². The van der Waals surface area contributed by atoms with Crippen LogP contribution in [0.1, 0.15) is 50.5 Å². The number of carbonyl (C=O) groups is 1. The minimum absolute atomic E-state index is 0.0226. The number of aryl methyl sites for hydroxylation is 2. The van der Waals surface area contributed by atoms with Crippen molar-refractivity contribution in [1.29, 1.82) is 0 Å². The lowest BCUT2D eigenvalue weighted by atomic mass is 10.2. The summed E-state index contributed by atoms with van der Waals surface area (Å²) in [7, 11) is 0. The van der Waals surface area contributed by atoms with Crippen LogP contribution in [0.2, 0.25) is 0 Å². The van der Waals surface area contributed by atoms with Gasteiger partial charge in [-0.15, -0.1) is 11.3 Å². The van der Waals surface area contributed by atoms with Gasteiger partial charge in [0.1, 0.15) is 4.83 Å². The third-order valence-electron chi connectivity index (χ3n) is 4.59. The van der Waals surface area contributed by atoms with Crippen LogP contribution in [-0.2, 0) is 16.1 Å².